The van der Waals surface area contributed by atoms with E-state index in [4.69, 9.17) is 5.73 Å². The Labute approximate surface area is 95.6 Å². The van der Waals surface area contributed by atoms with Crippen LogP contribution >= 0.6 is 0 Å². The van der Waals surface area contributed by atoms with Gasteiger partial charge in [-0.1, -0.05) is 6.42 Å². The minimum atomic E-state index is -0.258. The summed E-state index contributed by atoms with van der Waals surface area (Å²) in [4.78, 5) is 26.8. The van der Waals surface area contributed by atoms with Crippen LogP contribution < -0.4 is 5.73 Å². The maximum Gasteiger partial charge on any atom is 0.246 e. The standard InChI is InChI=1S/C11H19N3O2/c1-13-10(15)6-9(11(13)16)14-5-3-2-4-8(14)7-12/h8-9H,2-7,12H2,1H3. The Morgan fingerprint density at radius 2 is 2.12 bits per heavy atom. The second-order valence-electron chi connectivity index (χ2n) is 4.63. The Balaban J connectivity index is 2.11. The molecule has 2 N–H and O–H groups in total. The van der Waals surface area contributed by atoms with Gasteiger partial charge in [-0.15, -0.1) is 0 Å². The van der Waals surface area contributed by atoms with Gasteiger partial charge in [0, 0.05) is 19.6 Å². The van der Waals surface area contributed by atoms with Gasteiger partial charge < -0.3 is 5.73 Å². The van der Waals surface area contributed by atoms with Gasteiger partial charge in [-0.3, -0.25) is 19.4 Å². The number of carbonyl (C=O) groups is 2. The number of imide groups is 1. The summed E-state index contributed by atoms with van der Waals surface area (Å²) in [5.41, 5.74) is 5.72. The van der Waals surface area contributed by atoms with E-state index in [0.29, 0.717) is 13.0 Å². The van der Waals surface area contributed by atoms with E-state index >= 15 is 0 Å². The number of amides is 2. The average molecular weight is 225 g/mol. The lowest BCUT2D eigenvalue weighted by Gasteiger charge is -2.37. The highest BCUT2D eigenvalue weighted by molar-refractivity contribution is 6.05. The fourth-order valence-corrected chi connectivity index (χ4v) is 2.68. The first-order valence-corrected chi connectivity index (χ1v) is 5.91. The summed E-state index contributed by atoms with van der Waals surface area (Å²) in [6.45, 7) is 1.46. The van der Waals surface area contributed by atoms with E-state index < -0.39 is 0 Å². The summed E-state index contributed by atoms with van der Waals surface area (Å²) in [6, 6.07) is 0.00773. The van der Waals surface area contributed by atoms with E-state index in [1.165, 1.54) is 11.3 Å². The second-order valence-corrected chi connectivity index (χ2v) is 4.63. The maximum atomic E-state index is 11.9. The van der Waals surface area contributed by atoms with Crippen molar-refractivity contribution in [2.24, 2.45) is 5.73 Å². The maximum absolute atomic E-state index is 11.9. The summed E-state index contributed by atoms with van der Waals surface area (Å²) in [5, 5.41) is 0. The summed E-state index contributed by atoms with van der Waals surface area (Å²) < 4.78 is 0. The molecule has 16 heavy (non-hydrogen) atoms. The number of likely N-dealkylation sites (tertiary alicyclic amines) is 2. The first-order valence-electron chi connectivity index (χ1n) is 5.91. The van der Waals surface area contributed by atoms with Crippen molar-refractivity contribution in [2.45, 2.75) is 37.8 Å². The molecule has 0 radical (unpaired) electrons. The van der Waals surface area contributed by atoms with Crippen LogP contribution in [0.4, 0.5) is 0 Å². The monoisotopic (exact) mass is 225 g/mol. The third-order valence-corrected chi connectivity index (χ3v) is 3.70. The molecule has 2 heterocycles. The van der Waals surface area contributed by atoms with Crippen molar-refractivity contribution in [2.75, 3.05) is 20.1 Å². The smallest absolute Gasteiger partial charge is 0.246 e. The molecule has 90 valence electrons. The van der Waals surface area contributed by atoms with Crippen LogP contribution in [-0.2, 0) is 9.59 Å². The molecular formula is C11H19N3O2. The van der Waals surface area contributed by atoms with Crippen LogP contribution in [0.1, 0.15) is 25.7 Å². The molecule has 0 aromatic rings. The molecule has 2 aliphatic rings. The van der Waals surface area contributed by atoms with E-state index in [2.05, 4.69) is 4.90 Å². The van der Waals surface area contributed by atoms with Crippen LogP contribution in [0, 0.1) is 0 Å². The molecule has 0 aliphatic carbocycles. The van der Waals surface area contributed by atoms with Crippen molar-refractivity contribution in [3.05, 3.63) is 0 Å². The molecule has 0 aromatic carbocycles. The quantitative estimate of drug-likeness (QED) is 0.647. The molecule has 2 rings (SSSR count). The molecule has 2 saturated heterocycles. The first-order chi connectivity index (χ1) is 7.65. The lowest BCUT2D eigenvalue weighted by Crippen LogP contribution is -2.52. The van der Waals surface area contributed by atoms with Gasteiger partial charge >= 0.3 is 0 Å². The van der Waals surface area contributed by atoms with E-state index in [0.717, 1.165) is 19.4 Å². The van der Waals surface area contributed by atoms with Gasteiger partial charge in [0.05, 0.1) is 12.5 Å². The van der Waals surface area contributed by atoms with Gasteiger partial charge in [0.15, 0.2) is 0 Å². The van der Waals surface area contributed by atoms with Crippen molar-refractivity contribution >= 4 is 11.8 Å². The van der Waals surface area contributed by atoms with Crippen molar-refractivity contribution in [3.8, 4) is 0 Å². The fourth-order valence-electron chi connectivity index (χ4n) is 2.68. The van der Waals surface area contributed by atoms with Crippen molar-refractivity contribution in [1.29, 1.82) is 0 Å². The second kappa shape index (κ2) is 4.51. The van der Waals surface area contributed by atoms with Gasteiger partial charge in [0.1, 0.15) is 0 Å². The van der Waals surface area contributed by atoms with Crippen LogP contribution in [0.25, 0.3) is 0 Å². The van der Waals surface area contributed by atoms with Crippen LogP contribution in [0.3, 0.4) is 0 Å². The Morgan fingerprint density at radius 3 is 2.69 bits per heavy atom. The summed E-state index contributed by atoms with van der Waals surface area (Å²) in [7, 11) is 1.56. The lowest BCUT2D eigenvalue weighted by molar-refractivity contribution is -0.138. The van der Waals surface area contributed by atoms with Crippen molar-refractivity contribution in [3.63, 3.8) is 0 Å². The van der Waals surface area contributed by atoms with E-state index in [1.54, 1.807) is 7.05 Å². The van der Waals surface area contributed by atoms with Crippen molar-refractivity contribution in [1.82, 2.24) is 9.80 Å². The molecule has 2 unspecified atom stereocenters. The number of hydrogen-bond acceptors (Lipinski definition) is 4. The van der Waals surface area contributed by atoms with Crippen LogP contribution in [0.2, 0.25) is 0 Å². The minimum Gasteiger partial charge on any atom is -0.329 e. The zero-order valence-corrected chi connectivity index (χ0v) is 9.69. The molecule has 5 heteroatoms. The van der Waals surface area contributed by atoms with E-state index in [1.807, 2.05) is 0 Å². The van der Waals surface area contributed by atoms with E-state index in [9.17, 15) is 9.59 Å². The van der Waals surface area contributed by atoms with Gasteiger partial charge in [0.25, 0.3) is 0 Å². The summed E-state index contributed by atoms with van der Waals surface area (Å²) in [5.74, 6) is -0.137. The molecule has 0 saturated carbocycles. The highest BCUT2D eigenvalue weighted by Crippen LogP contribution is 2.25. The Hall–Kier alpha value is -0.940. The summed E-state index contributed by atoms with van der Waals surface area (Å²) >= 11 is 0. The van der Waals surface area contributed by atoms with Crippen LogP contribution in [0.15, 0.2) is 0 Å². The zero-order chi connectivity index (χ0) is 11.7. The van der Waals surface area contributed by atoms with Gasteiger partial charge in [-0.05, 0) is 19.4 Å². The number of hydrogen-bond donors (Lipinski definition) is 1. The normalized spacial score (nSPS) is 32.5. The number of piperidine rings is 1. The number of nitrogens with zero attached hydrogens (tertiary/aromatic N) is 2. The predicted octanol–water partition coefficient (Wildman–Crippen LogP) is -0.443. The highest BCUT2D eigenvalue weighted by Gasteiger charge is 2.42. The van der Waals surface area contributed by atoms with Crippen LogP contribution in [0.5, 0.6) is 0 Å². The molecule has 2 atom stereocenters. The molecule has 2 fully saturated rings. The Bertz CT molecular complexity index is 306. The largest absolute Gasteiger partial charge is 0.329 e. The Kier molecular flexibility index (Phi) is 3.25. The topological polar surface area (TPSA) is 66.6 Å². The molecule has 2 aliphatic heterocycles. The third-order valence-electron chi connectivity index (χ3n) is 3.70. The minimum absolute atomic E-state index is 0.0645. The molecule has 0 spiro atoms. The van der Waals surface area contributed by atoms with Gasteiger partial charge in [-0.25, -0.2) is 0 Å². The lowest BCUT2D eigenvalue weighted by atomic mass is 9.99. The predicted molar refractivity (Wildman–Crippen MR) is 59.6 cm³/mol. The first kappa shape index (κ1) is 11.5. The Morgan fingerprint density at radius 1 is 1.38 bits per heavy atom. The van der Waals surface area contributed by atoms with Crippen LogP contribution in [-0.4, -0.2) is 53.8 Å². The van der Waals surface area contributed by atoms with Crippen molar-refractivity contribution < 1.29 is 9.59 Å². The molecular weight excluding hydrogens is 206 g/mol. The van der Waals surface area contributed by atoms with Gasteiger partial charge in [-0.2, -0.15) is 0 Å². The SMILES string of the molecule is CN1C(=O)CC(N2CCCCC2CN)C1=O. The van der Waals surface area contributed by atoms with E-state index in [-0.39, 0.29) is 23.9 Å². The zero-order valence-electron chi connectivity index (χ0n) is 9.69. The highest BCUT2D eigenvalue weighted by atomic mass is 16.2. The third kappa shape index (κ3) is 1.85. The summed E-state index contributed by atoms with van der Waals surface area (Å²) in [6.07, 6.45) is 3.63. The number of nitrogens with two attached hydrogens (primary N) is 1. The number of carbonyl (C=O) groups excluding carboxylic acids is 2. The number of rotatable bonds is 2. The fraction of sp³-hybridized carbons (Fsp3) is 0.818. The number of likely N-dealkylation sites (N-methyl/N-ethyl adjacent to an activating group) is 1. The average Bonchev–Trinajstić information content (AvgIpc) is 2.57. The van der Waals surface area contributed by atoms with Gasteiger partial charge in [0.2, 0.25) is 11.8 Å². The molecule has 5 nitrogen and oxygen atoms in total. The molecule has 0 aromatic heterocycles. The molecule has 2 amide bonds. The molecule has 0 bridgehead atoms.